The van der Waals surface area contributed by atoms with Crippen LogP contribution in [-0.4, -0.2) is 40.1 Å². The Kier molecular flexibility index (Phi) is 4.98. The summed E-state index contributed by atoms with van der Waals surface area (Å²) in [5.41, 5.74) is 7.61. The number of rotatable bonds is 6. The Labute approximate surface area is 161 Å². The van der Waals surface area contributed by atoms with Crippen LogP contribution in [0, 0.1) is 5.92 Å². The summed E-state index contributed by atoms with van der Waals surface area (Å²) in [5, 5.41) is 14.4. The van der Waals surface area contributed by atoms with Crippen LogP contribution in [0.1, 0.15) is 37.7 Å². The van der Waals surface area contributed by atoms with Crippen molar-refractivity contribution in [3.05, 3.63) is 23.2 Å². The van der Waals surface area contributed by atoms with Gasteiger partial charge in [-0.05, 0) is 30.9 Å². The van der Waals surface area contributed by atoms with Gasteiger partial charge in [0, 0.05) is 17.7 Å². The van der Waals surface area contributed by atoms with E-state index in [1.165, 1.54) is 0 Å². The number of aromatic nitrogens is 4. The second kappa shape index (κ2) is 7.41. The number of nitrogens with zero attached hydrogens (tertiary/aromatic N) is 4. The third-order valence-corrected chi connectivity index (χ3v) is 5.66. The molecule has 27 heavy (non-hydrogen) atoms. The molecule has 2 atom stereocenters. The number of nitrogens with one attached hydrogen (secondary N) is 2. The van der Waals surface area contributed by atoms with Crippen molar-refractivity contribution in [2.75, 3.05) is 14.2 Å². The van der Waals surface area contributed by atoms with E-state index in [-0.39, 0.29) is 6.04 Å². The summed E-state index contributed by atoms with van der Waals surface area (Å²) in [4.78, 5) is 0.774. The Balaban J connectivity index is 1.64. The molecule has 1 aliphatic heterocycles. The molecule has 1 aromatic carbocycles. The van der Waals surface area contributed by atoms with E-state index in [1.54, 1.807) is 30.1 Å². The molecule has 8 nitrogen and oxygen atoms in total. The Morgan fingerprint density at radius 2 is 1.89 bits per heavy atom. The first-order chi connectivity index (χ1) is 13.1. The van der Waals surface area contributed by atoms with E-state index in [4.69, 9.17) is 14.6 Å². The van der Waals surface area contributed by atoms with Gasteiger partial charge < -0.3 is 9.47 Å². The lowest BCUT2D eigenvalue weighted by atomic mass is 10.0. The van der Waals surface area contributed by atoms with E-state index in [0.717, 1.165) is 28.4 Å². The van der Waals surface area contributed by atoms with Crippen molar-refractivity contribution in [2.24, 2.45) is 5.92 Å². The van der Waals surface area contributed by atoms with E-state index in [2.05, 4.69) is 34.9 Å². The van der Waals surface area contributed by atoms with Crippen LogP contribution in [0.25, 0.3) is 16.3 Å². The molecule has 4 rings (SSSR count). The zero-order valence-electron chi connectivity index (χ0n) is 15.9. The van der Waals surface area contributed by atoms with Gasteiger partial charge in [0.1, 0.15) is 16.5 Å². The van der Waals surface area contributed by atoms with Gasteiger partial charge in [-0.2, -0.15) is 9.61 Å². The molecule has 3 heterocycles. The summed E-state index contributed by atoms with van der Waals surface area (Å²) >= 11 is 1.56. The Hall–Kier alpha value is -2.23. The third kappa shape index (κ3) is 3.62. The standard InChI is InChI=1S/C18H24N6O2S/c1-10(2)5-12-8-15(20-19-12)17-23-24-16(21-22-18(24)27-17)11-6-13(25-3)9-14(7-11)26-4/h6-7,9-10,12,15,19-20H,5,8H2,1-4H3. The molecular formula is C18H24N6O2S. The number of hydrogen-bond donors (Lipinski definition) is 2. The molecule has 0 bridgehead atoms. The van der Waals surface area contributed by atoms with Gasteiger partial charge >= 0.3 is 0 Å². The molecule has 144 valence electrons. The van der Waals surface area contributed by atoms with Crippen molar-refractivity contribution in [2.45, 2.75) is 38.8 Å². The minimum absolute atomic E-state index is 0.188. The molecule has 0 saturated carbocycles. The number of fused-ring (bicyclic) bond motifs is 1. The zero-order chi connectivity index (χ0) is 19.0. The highest BCUT2D eigenvalue weighted by atomic mass is 32.1. The second-order valence-corrected chi connectivity index (χ2v) is 8.15. The van der Waals surface area contributed by atoms with Crippen molar-refractivity contribution in [3.8, 4) is 22.9 Å². The Morgan fingerprint density at radius 3 is 2.56 bits per heavy atom. The average molecular weight is 388 g/mol. The van der Waals surface area contributed by atoms with E-state index in [9.17, 15) is 0 Å². The number of benzene rings is 1. The largest absolute Gasteiger partial charge is 0.497 e. The topological polar surface area (TPSA) is 85.6 Å². The summed E-state index contributed by atoms with van der Waals surface area (Å²) in [6.45, 7) is 4.49. The molecule has 2 aromatic heterocycles. The van der Waals surface area contributed by atoms with Crippen LogP contribution >= 0.6 is 11.3 Å². The lowest BCUT2D eigenvalue weighted by molar-refractivity contribution is 0.394. The van der Waals surface area contributed by atoms with Gasteiger partial charge in [0.15, 0.2) is 5.82 Å². The van der Waals surface area contributed by atoms with Crippen LogP contribution in [0.2, 0.25) is 0 Å². The molecule has 1 aliphatic rings. The van der Waals surface area contributed by atoms with Crippen molar-refractivity contribution in [3.63, 3.8) is 0 Å². The second-order valence-electron chi connectivity index (χ2n) is 7.16. The lowest BCUT2D eigenvalue weighted by Crippen LogP contribution is -2.31. The first kappa shape index (κ1) is 18.1. The number of hydrogen-bond acceptors (Lipinski definition) is 8. The molecule has 1 fully saturated rings. The average Bonchev–Trinajstić information content (AvgIpc) is 3.35. The Morgan fingerprint density at radius 1 is 1.15 bits per heavy atom. The highest BCUT2D eigenvalue weighted by molar-refractivity contribution is 7.16. The van der Waals surface area contributed by atoms with Crippen molar-refractivity contribution < 1.29 is 9.47 Å². The van der Waals surface area contributed by atoms with Gasteiger partial charge in [0.05, 0.1) is 20.3 Å². The third-order valence-electron chi connectivity index (χ3n) is 4.65. The molecule has 3 aromatic rings. The van der Waals surface area contributed by atoms with Crippen LogP contribution in [0.15, 0.2) is 18.2 Å². The summed E-state index contributed by atoms with van der Waals surface area (Å²) in [5.74, 6) is 2.74. The molecule has 0 spiro atoms. The minimum Gasteiger partial charge on any atom is -0.497 e. The van der Waals surface area contributed by atoms with Crippen LogP contribution in [0.4, 0.5) is 0 Å². The monoisotopic (exact) mass is 388 g/mol. The van der Waals surface area contributed by atoms with Gasteiger partial charge in [-0.3, -0.25) is 5.43 Å². The molecule has 0 radical (unpaired) electrons. The normalized spacial score (nSPS) is 19.9. The van der Waals surface area contributed by atoms with Crippen molar-refractivity contribution in [1.82, 2.24) is 30.7 Å². The summed E-state index contributed by atoms with van der Waals surface area (Å²) in [7, 11) is 3.26. The number of methoxy groups -OCH3 is 2. The maximum Gasteiger partial charge on any atom is 0.235 e. The van der Waals surface area contributed by atoms with Gasteiger partial charge in [-0.1, -0.05) is 25.2 Å². The molecule has 9 heteroatoms. The zero-order valence-corrected chi connectivity index (χ0v) is 16.7. The van der Waals surface area contributed by atoms with Crippen LogP contribution < -0.4 is 20.3 Å². The molecule has 0 amide bonds. The summed E-state index contributed by atoms with van der Waals surface area (Å²) < 4.78 is 12.5. The molecule has 2 unspecified atom stereocenters. The van der Waals surface area contributed by atoms with Crippen molar-refractivity contribution >= 4 is 16.3 Å². The maximum atomic E-state index is 5.36. The molecular weight excluding hydrogens is 364 g/mol. The maximum absolute atomic E-state index is 5.36. The first-order valence-electron chi connectivity index (χ1n) is 9.04. The van der Waals surface area contributed by atoms with E-state index in [1.807, 2.05) is 18.2 Å². The van der Waals surface area contributed by atoms with Gasteiger partial charge in [0.25, 0.3) is 0 Å². The highest BCUT2D eigenvalue weighted by Crippen LogP contribution is 2.32. The molecule has 2 N–H and O–H groups in total. The summed E-state index contributed by atoms with van der Waals surface area (Å²) in [6.07, 6.45) is 2.16. The Bertz CT molecular complexity index is 915. The molecule has 1 saturated heterocycles. The smallest absolute Gasteiger partial charge is 0.235 e. The molecule has 0 aliphatic carbocycles. The van der Waals surface area contributed by atoms with E-state index < -0.39 is 0 Å². The van der Waals surface area contributed by atoms with Gasteiger partial charge in [0.2, 0.25) is 4.96 Å². The van der Waals surface area contributed by atoms with Gasteiger partial charge in [-0.25, -0.2) is 5.43 Å². The summed E-state index contributed by atoms with van der Waals surface area (Å²) in [6, 6.07) is 6.30. The van der Waals surface area contributed by atoms with Crippen LogP contribution in [0.3, 0.4) is 0 Å². The fraction of sp³-hybridized carbons (Fsp3) is 0.500. The fourth-order valence-corrected chi connectivity index (χ4v) is 4.30. The lowest BCUT2D eigenvalue weighted by Gasteiger charge is -2.10. The van der Waals surface area contributed by atoms with E-state index >= 15 is 0 Å². The number of hydrazine groups is 1. The van der Waals surface area contributed by atoms with Crippen molar-refractivity contribution in [1.29, 1.82) is 0 Å². The minimum atomic E-state index is 0.188. The van der Waals surface area contributed by atoms with Crippen LogP contribution in [-0.2, 0) is 0 Å². The number of ether oxygens (including phenoxy) is 2. The predicted octanol–water partition coefficient (Wildman–Crippen LogP) is 2.82. The fourth-order valence-electron chi connectivity index (χ4n) is 3.40. The van der Waals surface area contributed by atoms with Crippen LogP contribution in [0.5, 0.6) is 11.5 Å². The first-order valence-corrected chi connectivity index (χ1v) is 9.85. The SMILES string of the molecule is COc1cc(OC)cc(-c2nnc3sc(C4CC(CC(C)C)NN4)nn23)c1. The quantitative estimate of drug-likeness (QED) is 0.671. The highest BCUT2D eigenvalue weighted by Gasteiger charge is 2.29. The van der Waals surface area contributed by atoms with Gasteiger partial charge in [-0.15, -0.1) is 10.2 Å². The predicted molar refractivity (Wildman–Crippen MR) is 104 cm³/mol. The van der Waals surface area contributed by atoms with E-state index in [0.29, 0.717) is 29.3 Å².